The fourth-order valence-corrected chi connectivity index (χ4v) is 3.06. The normalized spacial score (nSPS) is 27.5. The van der Waals surface area contributed by atoms with Gasteiger partial charge in [0, 0.05) is 25.6 Å². The lowest BCUT2D eigenvalue weighted by atomic mass is 10.00. The average Bonchev–Trinajstić information content (AvgIpc) is 3.04. The van der Waals surface area contributed by atoms with Crippen molar-refractivity contribution in [3.63, 3.8) is 0 Å². The Labute approximate surface area is 115 Å². The standard InChI is InChI=1S/C16H23NO2/c1-12(17-10-16(18)7-8-19-11-16)14-6-5-13-3-2-4-15(13)9-14/h5-6,9,12,17-18H,2-4,7-8,10-11H2,1H3. The predicted octanol–water partition coefficient (Wildman–Crippen LogP) is 1.98. The summed E-state index contributed by atoms with van der Waals surface area (Å²) in [6, 6.07) is 7.09. The van der Waals surface area contributed by atoms with E-state index in [9.17, 15) is 5.11 Å². The van der Waals surface area contributed by atoms with Crippen LogP contribution in [0.3, 0.4) is 0 Å². The van der Waals surface area contributed by atoms with E-state index in [0.29, 0.717) is 19.8 Å². The van der Waals surface area contributed by atoms with Crippen molar-refractivity contribution >= 4 is 0 Å². The Morgan fingerprint density at radius 1 is 1.37 bits per heavy atom. The minimum absolute atomic E-state index is 0.274. The van der Waals surface area contributed by atoms with Gasteiger partial charge in [0.15, 0.2) is 0 Å². The molecule has 2 aliphatic rings. The lowest BCUT2D eigenvalue weighted by Crippen LogP contribution is -2.41. The number of benzene rings is 1. The molecule has 104 valence electrons. The van der Waals surface area contributed by atoms with Crippen LogP contribution in [0.1, 0.15) is 42.5 Å². The second-order valence-corrected chi connectivity index (χ2v) is 6.01. The molecule has 0 aromatic heterocycles. The van der Waals surface area contributed by atoms with Gasteiger partial charge in [-0.1, -0.05) is 18.2 Å². The molecular weight excluding hydrogens is 238 g/mol. The zero-order valence-electron chi connectivity index (χ0n) is 11.6. The van der Waals surface area contributed by atoms with Crippen LogP contribution in [0, 0.1) is 0 Å². The second kappa shape index (κ2) is 5.23. The van der Waals surface area contributed by atoms with Crippen molar-refractivity contribution in [1.82, 2.24) is 5.32 Å². The summed E-state index contributed by atoms with van der Waals surface area (Å²) in [7, 11) is 0. The minimum atomic E-state index is -0.676. The molecule has 3 heteroatoms. The van der Waals surface area contributed by atoms with E-state index in [1.165, 1.54) is 36.0 Å². The second-order valence-electron chi connectivity index (χ2n) is 6.01. The van der Waals surface area contributed by atoms with Gasteiger partial charge in [-0.25, -0.2) is 0 Å². The van der Waals surface area contributed by atoms with E-state index in [2.05, 4.69) is 30.4 Å². The predicted molar refractivity (Wildman–Crippen MR) is 75.3 cm³/mol. The molecular formula is C16H23NO2. The van der Waals surface area contributed by atoms with Gasteiger partial charge in [0.25, 0.3) is 0 Å². The highest BCUT2D eigenvalue weighted by atomic mass is 16.5. The third kappa shape index (κ3) is 2.83. The Bertz CT molecular complexity index is 452. The highest BCUT2D eigenvalue weighted by molar-refractivity contribution is 5.36. The molecule has 2 unspecified atom stereocenters. The molecule has 1 saturated heterocycles. The van der Waals surface area contributed by atoms with Crippen LogP contribution in [-0.4, -0.2) is 30.5 Å². The van der Waals surface area contributed by atoms with Gasteiger partial charge in [0.2, 0.25) is 0 Å². The van der Waals surface area contributed by atoms with E-state index in [1.807, 2.05) is 0 Å². The Hall–Kier alpha value is -0.900. The van der Waals surface area contributed by atoms with Crippen LogP contribution in [0.25, 0.3) is 0 Å². The van der Waals surface area contributed by atoms with Gasteiger partial charge in [0.1, 0.15) is 5.60 Å². The van der Waals surface area contributed by atoms with Gasteiger partial charge in [-0.3, -0.25) is 0 Å². The Morgan fingerprint density at radius 3 is 3.00 bits per heavy atom. The van der Waals surface area contributed by atoms with Gasteiger partial charge in [-0.2, -0.15) is 0 Å². The molecule has 1 fully saturated rings. The van der Waals surface area contributed by atoms with Gasteiger partial charge >= 0.3 is 0 Å². The van der Waals surface area contributed by atoms with Crippen molar-refractivity contribution < 1.29 is 9.84 Å². The average molecular weight is 261 g/mol. The van der Waals surface area contributed by atoms with Gasteiger partial charge < -0.3 is 15.2 Å². The van der Waals surface area contributed by atoms with E-state index >= 15 is 0 Å². The van der Waals surface area contributed by atoms with Crippen LogP contribution in [0.5, 0.6) is 0 Å². The fourth-order valence-electron chi connectivity index (χ4n) is 3.06. The van der Waals surface area contributed by atoms with Crippen molar-refractivity contribution in [1.29, 1.82) is 0 Å². The zero-order valence-corrected chi connectivity index (χ0v) is 11.6. The molecule has 0 bridgehead atoms. The third-order valence-electron chi connectivity index (χ3n) is 4.44. The van der Waals surface area contributed by atoms with Crippen molar-refractivity contribution in [3.8, 4) is 0 Å². The molecule has 0 spiro atoms. The summed E-state index contributed by atoms with van der Waals surface area (Å²) in [4.78, 5) is 0. The number of aryl methyl sites for hydroxylation is 2. The highest BCUT2D eigenvalue weighted by Gasteiger charge is 2.32. The third-order valence-corrected chi connectivity index (χ3v) is 4.44. The van der Waals surface area contributed by atoms with E-state index < -0.39 is 5.60 Å². The molecule has 3 nitrogen and oxygen atoms in total. The van der Waals surface area contributed by atoms with Crippen molar-refractivity contribution in [2.24, 2.45) is 0 Å². The van der Waals surface area contributed by atoms with Crippen LogP contribution >= 0.6 is 0 Å². The zero-order chi connectivity index (χ0) is 13.3. The van der Waals surface area contributed by atoms with Crippen LogP contribution in [0.15, 0.2) is 18.2 Å². The smallest absolute Gasteiger partial charge is 0.103 e. The first-order valence-electron chi connectivity index (χ1n) is 7.32. The summed E-state index contributed by atoms with van der Waals surface area (Å²) in [6.45, 7) is 3.89. The number of aliphatic hydroxyl groups is 1. The molecule has 1 aromatic carbocycles. The first-order chi connectivity index (χ1) is 9.16. The Morgan fingerprint density at radius 2 is 2.21 bits per heavy atom. The monoisotopic (exact) mass is 261 g/mol. The van der Waals surface area contributed by atoms with Crippen LogP contribution in [0.4, 0.5) is 0 Å². The maximum atomic E-state index is 10.3. The number of nitrogens with one attached hydrogen (secondary N) is 1. The molecule has 1 aromatic rings. The molecule has 0 radical (unpaired) electrons. The first kappa shape index (κ1) is 13.1. The molecule has 3 rings (SSSR count). The summed E-state index contributed by atoms with van der Waals surface area (Å²) in [5, 5.41) is 13.7. The van der Waals surface area contributed by atoms with E-state index in [0.717, 1.165) is 6.42 Å². The summed E-state index contributed by atoms with van der Waals surface area (Å²) in [6.07, 6.45) is 4.47. The fraction of sp³-hybridized carbons (Fsp3) is 0.625. The first-order valence-corrected chi connectivity index (χ1v) is 7.32. The molecule has 19 heavy (non-hydrogen) atoms. The molecule has 1 aliphatic carbocycles. The largest absolute Gasteiger partial charge is 0.386 e. The van der Waals surface area contributed by atoms with Crippen molar-refractivity contribution in [2.75, 3.05) is 19.8 Å². The molecule has 0 saturated carbocycles. The molecule has 0 amide bonds. The maximum absolute atomic E-state index is 10.3. The number of hydrogen-bond donors (Lipinski definition) is 2. The minimum Gasteiger partial charge on any atom is -0.386 e. The molecule has 2 N–H and O–H groups in total. The maximum Gasteiger partial charge on any atom is 0.103 e. The van der Waals surface area contributed by atoms with E-state index in [-0.39, 0.29) is 6.04 Å². The molecule has 2 atom stereocenters. The topological polar surface area (TPSA) is 41.5 Å². The Balaban J connectivity index is 1.62. The van der Waals surface area contributed by atoms with Crippen molar-refractivity contribution in [2.45, 2.75) is 44.2 Å². The lowest BCUT2D eigenvalue weighted by molar-refractivity contribution is 0.0252. The number of ether oxygens (including phenoxy) is 1. The van der Waals surface area contributed by atoms with Gasteiger partial charge in [-0.05, 0) is 42.9 Å². The van der Waals surface area contributed by atoms with E-state index in [4.69, 9.17) is 4.74 Å². The number of fused-ring (bicyclic) bond motifs is 1. The lowest BCUT2D eigenvalue weighted by Gasteiger charge is -2.24. The van der Waals surface area contributed by atoms with Gasteiger partial charge in [0.05, 0.1) is 6.61 Å². The van der Waals surface area contributed by atoms with Crippen molar-refractivity contribution in [3.05, 3.63) is 34.9 Å². The summed E-state index contributed by atoms with van der Waals surface area (Å²) in [5.41, 5.74) is 3.67. The van der Waals surface area contributed by atoms with Gasteiger partial charge in [-0.15, -0.1) is 0 Å². The van der Waals surface area contributed by atoms with Crippen LogP contribution < -0.4 is 5.32 Å². The SMILES string of the molecule is CC(NCC1(O)CCOC1)c1ccc2c(c1)CCC2. The van der Waals surface area contributed by atoms with E-state index in [1.54, 1.807) is 0 Å². The number of hydrogen-bond acceptors (Lipinski definition) is 3. The van der Waals surface area contributed by atoms with Crippen LogP contribution in [-0.2, 0) is 17.6 Å². The quantitative estimate of drug-likeness (QED) is 0.871. The highest BCUT2D eigenvalue weighted by Crippen LogP contribution is 2.26. The molecule has 1 aliphatic heterocycles. The van der Waals surface area contributed by atoms with Crippen LogP contribution in [0.2, 0.25) is 0 Å². The summed E-state index contributed by atoms with van der Waals surface area (Å²) in [5.74, 6) is 0. The molecule has 1 heterocycles. The summed E-state index contributed by atoms with van der Waals surface area (Å²) >= 11 is 0. The summed E-state index contributed by atoms with van der Waals surface area (Å²) < 4.78 is 5.27. The number of rotatable bonds is 4. The Kier molecular flexibility index (Phi) is 3.61.